The van der Waals surface area contributed by atoms with Crippen LogP contribution < -0.4 is 4.90 Å². The number of aromatic nitrogens is 2. The van der Waals surface area contributed by atoms with Crippen molar-refractivity contribution in [3.63, 3.8) is 0 Å². The number of benzene rings is 1. The van der Waals surface area contributed by atoms with Crippen molar-refractivity contribution in [3.05, 3.63) is 42.0 Å². The zero-order valence-electron chi connectivity index (χ0n) is 13.2. The van der Waals surface area contributed by atoms with Gasteiger partial charge in [0.15, 0.2) is 5.82 Å². The molecular formula is C17H21N3O2. The van der Waals surface area contributed by atoms with Crippen LogP contribution in [0.3, 0.4) is 0 Å². The van der Waals surface area contributed by atoms with Gasteiger partial charge in [-0.05, 0) is 17.5 Å². The highest BCUT2D eigenvalue weighted by Crippen LogP contribution is 2.30. The number of para-hydroxylation sites is 1. The van der Waals surface area contributed by atoms with Gasteiger partial charge in [0.25, 0.3) is 0 Å². The molecule has 1 aromatic carbocycles. The number of anilines is 1. The summed E-state index contributed by atoms with van der Waals surface area (Å²) >= 11 is 0. The Bertz CT molecular complexity index is 658. The van der Waals surface area contributed by atoms with E-state index < -0.39 is 0 Å². The summed E-state index contributed by atoms with van der Waals surface area (Å²) in [7, 11) is 0. The van der Waals surface area contributed by atoms with Gasteiger partial charge < -0.3 is 9.42 Å². The van der Waals surface area contributed by atoms with Crippen LogP contribution in [0.1, 0.15) is 44.8 Å². The molecule has 1 unspecified atom stereocenters. The highest BCUT2D eigenvalue weighted by atomic mass is 16.5. The number of hydrogen-bond donors (Lipinski definition) is 0. The Balaban J connectivity index is 1.73. The summed E-state index contributed by atoms with van der Waals surface area (Å²) in [5, 5.41) is 4.08. The van der Waals surface area contributed by atoms with Crippen molar-refractivity contribution in [2.45, 2.75) is 39.5 Å². The van der Waals surface area contributed by atoms with Crippen molar-refractivity contribution in [2.24, 2.45) is 5.41 Å². The standard InChI is InChI=1S/C17H21N3O2/c1-17(2,3)10-14-18-16(19-22-14)12-9-15(21)20(11-12)13-7-5-4-6-8-13/h4-8,12H,9-11H2,1-3H3. The fraction of sp³-hybridized carbons (Fsp3) is 0.471. The molecule has 116 valence electrons. The predicted molar refractivity (Wildman–Crippen MR) is 83.6 cm³/mol. The molecule has 1 saturated heterocycles. The smallest absolute Gasteiger partial charge is 0.227 e. The first-order valence-corrected chi connectivity index (χ1v) is 7.60. The highest BCUT2D eigenvalue weighted by molar-refractivity contribution is 5.96. The molecule has 1 atom stereocenters. The van der Waals surface area contributed by atoms with E-state index in [2.05, 4.69) is 30.9 Å². The van der Waals surface area contributed by atoms with E-state index in [9.17, 15) is 4.79 Å². The van der Waals surface area contributed by atoms with Gasteiger partial charge in [0.2, 0.25) is 11.8 Å². The second-order valence-electron chi connectivity index (χ2n) is 7.02. The van der Waals surface area contributed by atoms with Crippen LogP contribution in [-0.4, -0.2) is 22.6 Å². The summed E-state index contributed by atoms with van der Waals surface area (Å²) in [6.45, 7) is 7.00. The summed E-state index contributed by atoms with van der Waals surface area (Å²) in [4.78, 5) is 18.5. The molecule has 0 spiro atoms. The van der Waals surface area contributed by atoms with Crippen molar-refractivity contribution in [2.75, 3.05) is 11.4 Å². The third kappa shape index (κ3) is 3.18. The van der Waals surface area contributed by atoms with Gasteiger partial charge in [0, 0.05) is 31.0 Å². The van der Waals surface area contributed by atoms with Gasteiger partial charge in [0.05, 0.1) is 0 Å². The first-order valence-electron chi connectivity index (χ1n) is 7.60. The highest BCUT2D eigenvalue weighted by Gasteiger charge is 2.34. The number of carbonyl (C=O) groups excluding carboxylic acids is 1. The number of hydrogen-bond acceptors (Lipinski definition) is 4. The lowest BCUT2D eigenvalue weighted by Crippen LogP contribution is -2.24. The molecule has 0 N–H and O–H groups in total. The summed E-state index contributed by atoms with van der Waals surface area (Å²) in [5.74, 6) is 1.41. The molecule has 1 amide bonds. The summed E-state index contributed by atoms with van der Waals surface area (Å²) in [6, 6.07) is 9.71. The van der Waals surface area contributed by atoms with E-state index in [1.54, 1.807) is 4.90 Å². The van der Waals surface area contributed by atoms with Gasteiger partial charge in [-0.1, -0.05) is 44.1 Å². The third-order valence-corrected chi connectivity index (χ3v) is 3.72. The van der Waals surface area contributed by atoms with Crippen LogP contribution in [0.2, 0.25) is 0 Å². The number of rotatable bonds is 3. The first kappa shape index (κ1) is 14.8. The van der Waals surface area contributed by atoms with E-state index in [0.717, 1.165) is 12.1 Å². The van der Waals surface area contributed by atoms with Crippen molar-refractivity contribution in [3.8, 4) is 0 Å². The van der Waals surface area contributed by atoms with Crippen LogP contribution in [0.15, 0.2) is 34.9 Å². The van der Waals surface area contributed by atoms with Gasteiger partial charge in [0.1, 0.15) is 0 Å². The minimum absolute atomic E-state index is 0.00479. The molecule has 1 aromatic heterocycles. The normalized spacial score (nSPS) is 19.0. The Morgan fingerprint density at radius 2 is 2.00 bits per heavy atom. The maximum atomic E-state index is 12.2. The Kier molecular flexibility index (Phi) is 3.72. The molecule has 2 aromatic rings. The van der Waals surface area contributed by atoms with Crippen LogP contribution in [0, 0.1) is 5.41 Å². The lowest BCUT2D eigenvalue weighted by molar-refractivity contribution is -0.117. The lowest BCUT2D eigenvalue weighted by atomic mass is 9.92. The van der Waals surface area contributed by atoms with Gasteiger partial charge >= 0.3 is 0 Å². The maximum Gasteiger partial charge on any atom is 0.227 e. The van der Waals surface area contributed by atoms with Crippen LogP contribution in [0.25, 0.3) is 0 Å². The van der Waals surface area contributed by atoms with Gasteiger partial charge in [-0.3, -0.25) is 4.79 Å². The fourth-order valence-electron chi connectivity index (χ4n) is 2.70. The minimum Gasteiger partial charge on any atom is -0.339 e. The van der Waals surface area contributed by atoms with Gasteiger partial charge in [-0.25, -0.2) is 0 Å². The van der Waals surface area contributed by atoms with Crippen molar-refractivity contribution in [1.29, 1.82) is 0 Å². The molecule has 1 aliphatic heterocycles. The van der Waals surface area contributed by atoms with E-state index in [4.69, 9.17) is 4.52 Å². The molecular weight excluding hydrogens is 278 g/mol. The average molecular weight is 299 g/mol. The maximum absolute atomic E-state index is 12.2. The molecule has 0 aliphatic carbocycles. The van der Waals surface area contributed by atoms with E-state index in [0.29, 0.717) is 24.7 Å². The third-order valence-electron chi connectivity index (χ3n) is 3.72. The molecule has 0 saturated carbocycles. The van der Waals surface area contributed by atoms with E-state index in [-0.39, 0.29) is 17.2 Å². The second-order valence-corrected chi connectivity index (χ2v) is 7.02. The predicted octanol–water partition coefficient (Wildman–Crippen LogP) is 3.18. The van der Waals surface area contributed by atoms with E-state index in [1.165, 1.54) is 0 Å². The largest absolute Gasteiger partial charge is 0.339 e. The zero-order chi connectivity index (χ0) is 15.7. The van der Waals surface area contributed by atoms with Crippen LogP contribution in [-0.2, 0) is 11.2 Å². The molecule has 3 rings (SSSR count). The molecule has 5 heteroatoms. The minimum atomic E-state index is 0.00479. The van der Waals surface area contributed by atoms with Crippen LogP contribution in [0.5, 0.6) is 0 Å². The van der Waals surface area contributed by atoms with Gasteiger partial charge in [-0.2, -0.15) is 4.98 Å². The Labute approximate surface area is 130 Å². The van der Waals surface area contributed by atoms with Crippen molar-refractivity contribution >= 4 is 11.6 Å². The topological polar surface area (TPSA) is 59.2 Å². The summed E-state index contributed by atoms with van der Waals surface area (Å²) in [5.41, 5.74) is 1.03. The van der Waals surface area contributed by atoms with Crippen LogP contribution in [0.4, 0.5) is 5.69 Å². The zero-order valence-corrected chi connectivity index (χ0v) is 13.2. The Hall–Kier alpha value is -2.17. The number of amides is 1. The van der Waals surface area contributed by atoms with Gasteiger partial charge in [-0.15, -0.1) is 0 Å². The first-order chi connectivity index (χ1) is 10.4. The quantitative estimate of drug-likeness (QED) is 0.873. The van der Waals surface area contributed by atoms with Crippen molar-refractivity contribution in [1.82, 2.24) is 10.1 Å². The number of carbonyl (C=O) groups is 1. The lowest BCUT2D eigenvalue weighted by Gasteiger charge is -2.15. The SMILES string of the molecule is CC(C)(C)Cc1nc(C2CC(=O)N(c3ccccc3)C2)no1. The molecule has 2 heterocycles. The van der Waals surface area contributed by atoms with E-state index >= 15 is 0 Å². The molecule has 1 aliphatic rings. The van der Waals surface area contributed by atoms with E-state index in [1.807, 2.05) is 30.3 Å². The molecule has 1 fully saturated rings. The Morgan fingerprint density at radius 3 is 2.68 bits per heavy atom. The number of nitrogens with zero attached hydrogens (tertiary/aromatic N) is 3. The average Bonchev–Trinajstić information content (AvgIpc) is 3.04. The van der Waals surface area contributed by atoms with Crippen molar-refractivity contribution < 1.29 is 9.32 Å². The summed E-state index contributed by atoms with van der Waals surface area (Å²) in [6.07, 6.45) is 1.17. The monoisotopic (exact) mass is 299 g/mol. The fourth-order valence-corrected chi connectivity index (χ4v) is 2.70. The summed E-state index contributed by atoms with van der Waals surface area (Å²) < 4.78 is 5.34. The Morgan fingerprint density at radius 1 is 1.27 bits per heavy atom. The second kappa shape index (κ2) is 5.55. The molecule has 22 heavy (non-hydrogen) atoms. The molecule has 5 nitrogen and oxygen atoms in total. The molecule has 0 bridgehead atoms. The molecule has 0 radical (unpaired) electrons. The van der Waals surface area contributed by atoms with Crippen LogP contribution >= 0.6 is 0 Å².